The summed E-state index contributed by atoms with van der Waals surface area (Å²) >= 11 is 0. The van der Waals surface area contributed by atoms with Gasteiger partial charge >= 0.3 is 0 Å². The summed E-state index contributed by atoms with van der Waals surface area (Å²) in [5, 5.41) is 13.2. The van der Waals surface area contributed by atoms with Crippen LogP contribution in [0.3, 0.4) is 0 Å². The van der Waals surface area contributed by atoms with Gasteiger partial charge in [0.25, 0.3) is 0 Å². The average molecular weight is 291 g/mol. The van der Waals surface area contributed by atoms with Crippen molar-refractivity contribution in [1.82, 2.24) is 5.32 Å². The predicted molar refractivity (Wildman–Crippen MR) is 80.4 cm³/mol. The van der Waals surface area contributed by atoms with Crippen molar-refractivity contribution in [2.75, 3.05) is 13.7 Å². The molecule has 0 aliphatic rings. The van der Waals surface area contributed by atoms with Crippen molar-refractivity contribution < 1.29 is 19.1 Å². The molecule has 1 atom stereocenters. The lowest BCUT2D eigenvalue weighted by molar-refractivity contribution is -0.120. The standard InChI is InChI=1S/C16H21NO4/c1-3-12(18)6-7-17-16(19)8-11-10-21-15-9-13(20-2)4-5-14(11)15/h4-5,9-10,12,18H,3,6-8H2,1-2H3,(H,17,19). The van der Waals surface area contributed by atoms with E-state index >= 15 is 0 Å². The Hall–Kier alpha value is -2.01. The highest BCUT2D eigenvalue weighted by atomic mass is 16.5. The molecule has 5 nitrogen and oxygen atoms in total. The summed E-state index contributed by atoms with van der Waals surface area (Å²) in [4.78, 5) is 11.9. The molecular formula is C16H21NO4. The second-order valence-corrected chi connectivity index (χ2v) is 5.00. The number of furan rings is 1. The van der Waals surface area contributed by atoms with Crippen molar-refractivity contribution in [3.05, 3.63) is 30.0 Å². The fourth-order valence-electron chi connectivity index (χ4n) is 2.15. The largest absolute Gasteiger partial charge is 0.497 e. The van der Waals surface area contributed by atoms with Crippen LogP contribution in [0.5, 0.6) is 5.75 Å². The predicted octanol–water partition coefficient (Wildman–Crippen LogP) is 2.26. The number of benzene rings is 1. The molecule has 114 valence electrons. The molecule has 0 spiro atoms. The van der Waals surface area contributed by atoms with E-state index in [1.165, 1.54) is 0 Å². The summed E-state index contributed by atoms with van der Waals surface area (Å²) in [7, 11) is 1.60. The second kappa shape index (κ2) is 7.13. The van der Waals surface area contributed by atoms with Gasteiger partial charge in [-0.3, -0.25) is 4.79 Å². The van der Waals surface area contributed by atoms with Gasteiger partial charge in [0.05, 0.1) is 25.9 Å². The first kappa shape index (κ1) is 15.4. The van der Waals surface area contributed by atoms with Crippen LogP contribution in [0.15, 0.2) is 28.9 Å². The van der Waals surface area contributed by atoms with Crippen molar-refractivity contribution in [1.29, 1.82) is 0 Å². The monoisotopic (exact) mass is 291 g/mol. The Balaban J connectivity index is 1.95. The minimum absolute atomic E-state index is 0.0724. The number of hydrogen-bond acceptors (Lipinski definition) is 4. The number of nitrogens with one attached hydrogen (secondary N) is 1. The molecule has 1 unspecified atom stereocenters. The average Bonchev–Trinajstić information content (AvgIpc) is 2.89. The highest BCUT2D eigenvalue weighted by Crippen LogP contribution is 2.25. The van der Waals surface area contributed by atoms with Crippen LogP contribution in [0.4, 0.5) is 0 Å². The molecular weight excluding hydrogens is 270 g/mol. The van der Waals surface area contributed by atoms with Gasteiger partial charge in [-0.25, -0.2) is 0 Å². The number of methoxy groups -OCH3 is 1. The van der Waals surface area contributed by atoms with Gasteiger partial charge < -0.3 is 19.6 Å². The van der Waals surface area contributed by atoms with Gasteiger partial charge in [0.15, 0.2) is 0 Å². The lowest BCUT2D eigenvalue weighted by Gasteiger charge is -2.08. The number of amides is 1. The van der Waals surface area contributed by atoms with Gasteiger partial charge in [0, 0.05) is 23.6 Å². The van der Waals surface area contributed by atoms with Crippen molar-refractivity contribution in [2.45, 2.75) is 32.3 Å². The molecule has 0 fully saturated rings. The van der Waals surface area contributed by atoms with E-state index < -0.39 is 0 Å². The van der Waals surface area contributed by atoms with Crippen molar-refractivity contribution in [3.8, 4) is 5.75 Å². The van der Waals surface area contributed by atoms with Crippen LogP contribution in [0.25, 0.3) is 11.0 Å². The maximum absolute atomic E-state index is 11.9. The fourth-order valence-corrected chi connectivity index (χ4v) is 2.15. The Morgan fingerprint density at radius 1 is 1.48 bits per heavy atom. The zero-order valence-corrected chi connectivity index (χ0v) is 12.4. The number of carbonyl (C=O) groups excluding carboxylic acids is 1. The van der Waals surface area contributed by atoms with Crippen molar-refractivity contribution in [2.24, 2.45) is 0 Å². The molecule has 2 aromatic rings. The zero-order chi connectivity index (χ0) is 15.2. The van der Waals surface area contributed by atoms with Gasteiger partial charge in [-0.1, -0.05) is 6.92 Å². The Labute approximate surface area is 123 Å². The van der Waals surface area contributed by atoms with E-state index in [1.807, 2.05) is 19.1 Å². The van der Waals surface area contributed by atoms with Crippen LogP contribution in [-0.2, 0) is 11.2 Å². The van der Waals surface area contributed by atoms with Crippen LogP contribution in [0, 0.1) is 0 Å². The quantitative estimate of drug-likeness (QED) is 0.821. The molecule has 0 aliphatic carbocycles. The second-order valence-electron chi connectivity index (χ2n) is 5.00. The number of carbonyl (C=O) groups is 1. The minimum atomic E-state index is -0.354. The molecule has 0 radical (unpaired) electrons. The summed E-state index contributed by atoms with van der Waals surface area (Å²) in [6.45, 7) is 2.40. The minimum Gasteiger partial charge on any atom is -0.497 e. The number of aliphatic hydroxyl groups excluding tert-OH is 1. The lowest BCUT2D eigenvalue weighted by Crippen LogP contribution is -2.28. The number of rotatable bonds is 7. The number of aliphatic hydroxyl groups is 1. The first-order valence-electron chi connectivity index (χ1n) is 7.13. The Bertz CT molecular complexity index is 605. The third-order valence-corrected chi connectivity index (χ3v) is 3.48. The molecule has 0 aliphatic heterocycles. The van der Waals surface area contributed by atoms with Gasteiger partial charge in [-0.2, -0.15) is 0 Å². The highest BCUT2D eigenvalue weighted by Gasteiger charge is 2.11. The molecule has 0 saturated carbocycles. The SMILES string of the molecule is CCC(O)CCNC(=O)Cc1coc2cc(OC)ccc12. The summed E-state index contributed by atoms with van der Waals surface area (Å²) in [6.07, 6.45) is 2.79. The molecule has 21 heavy (non-hydrogen) atoms. The topological polar surface area (TPSA) is 71.7 Å². The van der Waals surface area contributed by atoms with Gasteiger partial charge in [-0.15, -0.1) is 0 Å². The number of ether oxygens (including phenoxy) is 1. The van der Waals surface area contributed by atoms with Gasteiger partial charge in [-0.05, 0) is 25.0 Å². The Morgan fingerprint density at radius 3 is 3.00 bits per heavy atom. The molecule has 2 N–H and O–H groups in total. The van der Waals surface area contributed by atoms with E-state index in [1.54, 1.807) is 19.4 Å². The maximum Gasteiger partial charge on any atom is 0.224 e. The van der Waals surface area contributed by atoms with Crippen LogP contribution in [0.2, 0.25) is 0 Å². The Kier molecular flexibility index (Phi) is 5.22. The molecule has 1 amide bonds. The van der Waals surface area contributed by atoms with E-state index in [0.717, 1.165) is 16.7 Å². The third-order valence-electron chi connectivity index (χ3n) is 3.48. The van der Waals surface area contributed by atoms with E-state index in [0.29, 0.717) is 25.0 Å². The highest BCUT2D eigenvalue weighted by molar-refractivity contribution is 5.88. The fraction of sp³-hybridized carbons (Fsp3) is 0.438. The lowest BCUT2D eigenvalue weighted by atomic mass is 10.1. The van der Waals surface area contributed by atoms with Crippen LogP contribution >= 0.6 is 0 Å². The summed E-state index contributed by atoms with van der Waals surface area (Å²) in [5.74, 6) is 0.651. The van der Waals surface area contributed by atoms with Crippen molar-refractivity contribution >= 4 is 16.9 Å². The number of fused-ring (bicyclic) bond motifs is 1. The van der Waals surface area contributed by atoms with Crippen molar-refractivity contribution in [3.63, 3.8) is 0 Å². The smallest absolute Gasteiger partial charge is 0.224 e. The van der Waals surface area contributed by atoms with Gasteiger partial charge in [0.2, 0.25) is 5.91 Å². The molecule has 0 saturated heterocycles. The number of hydrogen-bond donors (Lipinski definition) is 2. The van der Waals surface area contributed by atoms with Gasteiger partial charge in [0.1, 0.15) is 11.3 Å². The van der Waals surface area contributed by atoms with E-state index in [4.69, 9.17) is 9.15 Å². The summed E-state index contributed by atoms with van der Waals surface area (Å²) in [5.41, 5.74) is 1.56. The normalized spacial score (nSPS) is 12.3. The van der Waals surface area contributed by atoms with Crippen LogP contribution in [0.1, 0.15) is 25.3 Å². The third kappa shape index (κ3) is 3.98. The molecule has 0 bridgehead atoms. The molecule has 2 rings (SSSR count). The zero-order valence-electron chi connectivity index (χ0n) is 12.4. The summed E-state index contributed by atoms with van der Waals surface area (Å²) in [6, 6.07) is 5.53. The van der Waals surface area contributed by atoms with E-state index in [2.05, 4.69) is 5.32 Å². The molecule has 5 heteroatoms. The van der Waals surface area contributed by atoms with Crippen LogP contribution < -0.4 is 10.1 Å². The molecule has 1 aromatic carbocycles. The molecule has 1 heterocycles. The van der Waals surface area contributed by atoms with E-state index in [-0.39, 0.29) is 18.4 Å². The first-order valence-corrected chi connectivity index (χ1v) is 7.13. The summed E-state index contributed by atoms with van der Waals surface area (Å²) < 4.78 is 10.6. The molecule has 1 aromatic heterocycles. The van der Waals surface area contributed by atoms with Crippen LogP contribution in [-0.4, -0.2) is 30.8 Å². The Morgan fingerprint density at radius 2 is 2.29 bits per heavy atom. The van der Waals surface area contributed by atoms with E-state index in [9.17, 15) is 9.90 Å². The maximum atomic E-state index is 11.9. The first-order chi connectivity index (χ1) is 10.1.